The molecule has 3 atom stereocenters. The summed E-state index contributed by atoms with van der Waals surface area (Å²) in [7, 11) is 1.63. The second-order valence-corrected chi connectivity index (χ2v) is 14.9. The smallest absolute Gasteiger partial charge is 0.410 e. The number of carbonyl (C=O) groups is 4. The lowest BCUT2D eigenvalue weighted by Gasteiger charge is -2.40. The molecular weight excluding hydrogens is 624 g/mol. The zero-order chi connectivity index (χ0) is 35.5. The molecule has 1 saturated carbocycles. The molecule has 3 aliphatic rings. The van der Waals surface area contributed by atoms with Gasteiger partial charge in [0.1, 0.15) is 11.4 Å². The van der Waals surface area contributed by atoms with E-state index in [0.717, 1.165) is 18.4 Å². The monoisotopic (exact) mass is 676 g/mol. The van der Waals surface area contributed by atoms with E-state index in [9.17, 15) is 19.2 Å². The van der Waals surface area contributed by atoms with Crippen LogP contribution in [-0.2, 0) is 23.9 Å². The van der Waals surface area contributed by atoms with Gasteiger partial charge in [-0.3, -0.25) is 14.4 Å². The van der Waals surface area contributed by atoms with Gasteiger partial charge in [-0.15, -0.1) is 0 Å². The molecule has 266 valence electrons. The third-order valence-electron chi connectivity index (χ3n) is 9.27. The number of anilines is 2. The van der Waals surface area contributed by atoms with Crippen molar-refractivity contribution in [3.63, 3.8) is 0 Å². The summed E-state index contributed by atoms with van der Waals surface area (Å²) in [6, 6.07) is 15.1. The van der Waals surface area contributed by atoms with Crippen molar-refractivity contribution in [1.82, 2.24) is 10.2 Å². The van der Waals surface area contributed by atoms with E-state index in [1.165, 1.54) is 4.90 Å². The highest BCUT2D eigenvalue weighted by Crippen LogP contribution is 2.43. The van der Waals surface area contributed by atoms with Gasteiger partial charge in [0.25, 0.3) is 5.91 Å². The van der Waals surface area contributed by atoms with Crippen molar-refractivity contribution in [2.24, 2.45) is 11.8 Å². The van der Waals surface area contributed by atoms with E-state index in [1.54, 1.807) is 51.5 Å². The molecular formula is C38H52N4O7. The van der Waals surface area contributed by atoms with Gasteiger partial charge >= 0.3 is 6.09 Å². The second kappa shape index (κ2) is 14.8. The van der Waals surface area contributed by atoms with Crippen LogP contribution in [-0.4, -0.2) is 79.3 Å². The van der Waals surface area contributed by atoms with Crippen LogP contribution in [0.3, 0.4) is 0 Å². The molecule has 0 aromatic heterocycles. The Morgan fingerprint density at radius 1 is 1.06 bits per heavy atom. The zero-order valence-corrected chi connectivity index (χ0v) is 30.0. The highest BCUT2D eigenvalue weighted by Gasteiger charge is 2.45. The number of amides is 4. The highest BCUT2D eigenvalue weighted by molar-refractivity contribution is 6.04. The number of rotatable bonds is 11. The molecule has 1 saturated heterocycles. The summed E-state index contributed by atoms with van der Waals surface area (Å²) in [5.74, 6) is -1.19. The van der Waals surface area contributed by atoms with E-state index in [-0.39, 0.29) is 42.9 Å². The molecule has 2 aromatic carbocycles. The Labute approximate surface area is 290 Å². The Hall–Kier alpha value is -4.12. The van der Waals surface area contributed by atoms with Crippen LogP contribution in [0.2, 0.25) is 0 Å². The van der Waals surface area contributed by atoms with E-state index in [4.69, 9.17) is 14.2 Å². The first-order valence-corrected chi connectivity index (χ1v) is 17.5. The Bertz CT molecular complexity index is 1520. The SMILES string of the molecule is CC[C@@H](NC(=O)[C@H]1C[C@@H](C(=O)N(c2ccc3c(c2)N(CCCOC)C(=O)C(C)(C)O3)C2CC2)CN(C(=O)OC(C)(C)C)C1)c1ccccc1. The van der Waals surface area contributed by atoms with Crippen LogP contribution in [0.1, 0.15) is 85.3 Å². The molecule has 11 nitrogen and oxygen atoms in total. The van der Waals surface area contributed by atoms with Gasteiger partial charge in [0.15, 0.2) is 5.60 Å². The van der Waals surface area contributed by atoms with Crippen molar-refractivity contribution in [2.75, 3.05) is 43.2 Å². The number of methoxy groups -OCH3 is 1. The number of ether oxygens (including phenoxy) is 3. The normalized spacial score (nSPS) is 20.9. The topological polar surface area (TPSA) is 118 Å². The van der Waals surface area contributed by atoms with Gasteiger partial charge in [-0.1, -0.05) is 37.3 Å². The number of likely N-dealkylation sites (tertiary alicyclic amines) is 1. The Morgan fingerprint density at radius 2 is 1.76 bits per heavy atom. The number of hydrogen-bond acceptors (Lipinski definition) is 7. The fourth-order valence-corrected chi connectivity index (χ4v) is 6.68. The van der Waals surface area contributed by atoms with Gasteiger partial charge in [0.2, 0.25) is 11.8 Å². The van der Waals surface area contributed by atoms with Crippen LogP contribution >= 0.6 is 0 Å². The molecule has 0 spiro atoms. The molecule has 2 heterocycles. The predicted molar refractivity (Wildman–Crippen MR) is 188 cm³/mol. The average Bonchev–Trinajstić information content (AvgIpc) is 3.90. The van der Waals surface area contributed by atoms with E-state index >= 15 is 0 Å². The average molecular weight is 677 g/mol. The number of nitrogens with zero attached hydrogens (tertiary/aromatic N) is 3. The lowest BCUT2D eigenvalue weighted by Crippen LogP contribution is -2.54. The van der Waals surface area contributed by atoms with E-state index < -0.39 is 29.1 Å². The molecule has 1 N–H and O–H groups in total. The number of nitrogens with one attached hydrogen (secondary N) is 1. The van der Waals surface area contributed by atoms with Crippen LogP contribution in [0.15, 0.2) is 48.5 Å². The first kappa shape index (κ1) is 36.2. The largest absolute Gasteiger partial charge is 0.476 e. The molecule has 2 fully saturated rings. The van der Waals surface area contributed by atoms with Gasteiger partial charge in [-0.25, -0.2) is 4.79 Å². The Morgan fingerprint density at radius 3 is 2.39 bits per heavy atom. The molecule has 1 aliphatic carbocycles. The van der Waals surface area contributed by atoms with E-state index in [1.807, 2.05) is 55.5 Å². The van der Waals surface area contributed by atoms with E-state index in [2.05, 4.69) is 5.32 Å². The van der Waals surface area contributed by atoms with Crippen LogP contribution in [0.5, 0.6) is 5.75 Å². The fraction of sp³-hybridized carbons (Fsp3) is 0.579. The number of fused-ring (bicyclic) bond motifs is 1. The van der Waals surface area contributed by atoms with Crippen molar-refractivity contribution >= 4 is 35.2 Å². The van der Waals surface area contributed by atoms with Crippen molar-refractivity contribution in [3.8, 4) is 5.75 Å². The molecule has 0 unspecified atom stereocenters. The maximum Gasteiger partial charge on any atom is 0.410 e. The first-order chi connectivity index (χ1) is 23.2. The van der Waals surface area contributed by atoms with Gasteiger partial charge in [0.05, 0.1) is 23.6 Å². The van der Waals surface area contributed by atoms with Crippen molar-refractivity contribution in [1.29, 1.82) is 0 Å². The molecule has 0 bridgehead atoms. The van der Waals surface area contributed by atoms with Crippen molar-refractivity contribution in [3.05, 3.63) is 54.1 Å². The maximum absolute atomic E-state index is 14.6. The summed E-state index contributed by atoms with van der Waals surface area (Å²) in [5.41, 5.74) is 0.496. The molecule has 11 heteroatoms. The Kier molecular flexibility index (Phi) is 10.9. The van der Waals surface area contributed by atoms with Crippen molar-refractivity contribution in [2.45, 2.75) is 96.9 Å². The van der Waals surface area contributed by atoms with Crippen LogP contribution in [0.4, 0.5) is 16.2 Å². The first-order valence-electron chi connectivity index (χ1n) is 17.5. The third-order valence-corrected chi connectivity index (χ3v) is 9.27. The van der Waals surface area contributed by atoms with Gasteiger partial charge in [-0.2, -0.15) is 0 Å². The molecule has 2 aromatic rings. The summed E-state index contributed by atoms with van der Waals surface area (Å²) in [4.78, 5) is 60.4. The molecule has 0 radical (unpaired) electrons. The summed E-state index contributed by atoms with van der Waals surface area (Å²) in [6.45, 7) is 12.2. The summed E-state index contributed by atoms with van der Waals surface area (Å²) >= 11 is 0. The van der Waals surface area contributed by atoms with Crippen LogP contribution in [0.25, 0.3) is 0 Å². The van der Waals surface area contributed by atoms with Gasteiger partial charge < -0.3 is 34.2 Å². The molecule has 2 aliphatic heterocycles. The standard InChI is InChI=1S/C38H52N4O7/c1-8-30(25-13-10-9-11-14-25)39-33(43)26-21-27(24-40(23-26)36(46)49-37(2,3)4)34(44)42(28-15-16-28)29-17-18-32-31(22-29)41(19-12-20-47-7)35(45)38(5,6)48-32/h9-11,13-14,17-18,22,26-28,30H,8,12,15-16,19-21,23-24H2,1-7H3,(H,39,43)/t26-,27+,30+/m0/s1. The van der Waals surface area contributed by atoms with Crippen LogP contribution in [0, 0.1) is 11.8 Å². The number of carbonyl (C=O) groups excluding carboxylic acids is 4. The summed E-state index contributed by atoms with van der Waals surface area (Å²) < 4.78 is 17.1. The molecule has 49 heavy (non-hydrogen) atoms. The zero-order valence-electron chi connectivity index (χ0n) is 30.0. The minimum Gasteiger partial charge on any atom is -0.476 e. The van der Waals surface area contributed by atoms with Gasteiger partial charge in [-0.05, 0) is 90.5 Å². The summed E-state index contributed by atoms with van der Waals surface area (Å²) in [5, 5.41) is 3.18. The number of benzene rings is 2. The Balaban J connectivity index is 1.43. The lowest BCUT2D eigenvalue weighted by atomic mass is 9.87. The maximum atomic E-state index is 14.6. The van der Waals surface area contributed by atoms with Crippen molar-refractivity contribution < 1.29 is 33.4 Å². The quantitative estimate of drug-likeness (QED) is 0.296. The predicted octanol–water partition coefficient (Wildman–Crippen LogP) is 5.86. The fourth-order valence-electron chi connectivity index (χ4n) is 6.68. The molecule has 4 amide bonds. The van der Waals surface area contributed by atoms with Crippen LogP contribution < -0.4 is 19.9 Å². The number of piperidine rings is 1. The van der Waals surface area contributed by atoms with E-state index in [0.29, 0.717) is 49.5 Å². The lowest BCUT2D eigenvalue weighted by molar-refractivity contribution is -0.133. The minimum atomic E-state index is -1.03. The highest BCUT2D eigenvalue weighted by atomic mass is 16.6. The minimum absolute atomic E-state index is 0.0177. The van der Waals surface area contributed by atoms with Gasteiger partial charge in [0, 0.05) is 45.1 Å². The molecule has 5 rings (SSSR count). The third kappa shape index (κ3) is 8.55. The second-order valence-electron chi connectivity index (χ2n) is 14.9. The number of hydrogen-bond donors (Lipinski definition) is 1. The summed E-state index contributed by atoms with van der Waals surface area (Å²) in [6.07, 6.45) is 2.76.